The van der Waals surface area contributed by atoms with Crippen molar-refractivity contribution >= 4 is 21.5 Å². The second kappa shape index (κ2) is 5.89. The second-order valence-corrected chi connectivity index (χ2v) is 5.92. The molecule has 0 aliphatic carbocycles. The molecule has 0 spiro atoms. The van der Waals surface area contributed by atoms with Gasteiger partial charge in [0, 0.05) is 5.92 Å². The number of hydrogen-bond acceptors (Lipinski definition) is 0. The zero-order valence-corrected chi connectivity index (χ0v) is 13.3. The summed E-state index contributed by atoms with van der Waals surface area (Å²) in [6, 6.07) is 30.6. The standard InChI is InChI=1S/C23H19/c1-2-21(20-15-14-17-8-3-4-10-19(17)16-20)23-13-7-11-18-9-5-6-12-22(18)23/h3-16H,2H2,1H3. The van der Waals surface area contributed by atoms with Crippen molar-refractivity contribution in [2.24, 2.45) is 0 Å². The van der Waals surface area contributed by atoms with Gasteiger partial charge in [-0.25, -0.2) is 0 Å². The minimum Gasteiger partial charge on any atom is -0.0642 e. The highest BCUT2D eigenvalue weighted by atomic mass is 14.2. The van der Waals surface area contributed by atoms with Crippen LogP contribution in [0.5, 0.6) is 0 Å². The number of hydrogen-bond donors (Lipinski definition) is 0. The van der Waals surface area contributed by atoms with E-state index in [9.17, 15) is 0 Å². The molecule has 23 heavy (non-hydrogen) atoms. The predicted molar refractivity (Wildman–Crippen MR) is 99.6 cm³/mol. The molecule has 0 nitrogen and oxygen atoms in total. The van der Waals surface area contributed by atoms with E-state index in [1.165, 1.54) is 38.6 Å². The predicted octanol–water partition coefficient (Wildman–Crippen LogP) is 6.37. The molecule has 0 N–H and O–H groups in total. The minimum absolute atomic E-state index is 1.02. The molecule has 111 valence electrons. The van der Waals surface area contributed by atoms with E-state index in [0.29, 0.717) is 0 Å². The summed E-state index contributed by atoms with van der Waals surface area (Å²) in [7, 11) is 0. The van der Waals surface area contributed by atoms with Crippen molar-refractivity contribution in [3.63, 3.8) is 0 Å². The molecule has 0 saturated heterocycles. The molecule has 0 saturated carbocycles. The molecule has 0 aromatic heterocycles. The van der Waals surface area contributed by atoms with E-state index in [4.69, 9.17) is 0 Å². The highest BCUT2D eigenvalue weighted by Gasteiger charge is 2.15. The Bertz CT molecular complexity index is 960. The highest BCUT2D eigenvalue weighted by molar-refractivity contribution is 5.89. The van der Waals surface area contributed by atoms with Gasteiger partial charge >= 0.3 is 0 Å². The lowest BCUT2D eigenvalue weighted by atomic mass is 9.85. The van der Waals surface area contributed by atoms with Crippen molar-refractivity contribution in [2.75, 3.05) is 0 Å². The number of fused-ring (bicyclic) bond motifs is 2. The quantitative estimate of drug-likeness (QED) is 0.411. The SMILES string of the molecule is CC[C](c1ccc2ccccc2c1)c1cccc2ccccc12. The van der Waals surface area contributed by atoms with Crippen LogP contribution >= 0.6 is 0 Å². The third-order valence-electron chi connectivity index (χ3n) is 4.57. The summed E-state index contributed by atoms with van der Waals surface area (Å²) >= 11 is 0. The van der Waals surface area contributed by atoms with Gasteiger partial charge in [0.2, 0.25) is 0 Å². The van der Waals surface area contributed by atoms with Crippen LogP contribution in [0.1, 0.15) is 24.5 Å². The van der Waals surface area contributed by atoms with Gasteiger partial charge in [0.05, 0.1) is 0 Å². The Morgan fingerprint density at radius 1 is 0.652 bits per heavy atom. The molecule has 0 bridgehead atoms. The van der Waals surface area contributed by atoms with Gasteiger partial charge in [-0.2, -0.15) is 0 Å². The first-order valence-corrected chi connectivity index (χ1v) is 8.20. The van der Waals surface area contributed by atoms with Gasteiger partial charge in [-0.05, 0) is 39.1 Å². The highest BCUT2D eigenvalue weighted by Crippen LogP contribution is 2.33. The van der Waals surface area contributed by atoms with Crippen LogP contribution in [0.2, 0.25) is 0 Å². The summed E-state index contributed by atoms with van der Waals surface area (Å²) in [5, 5.41) is 5.23. The third-order valence-corrected chi connectivity index (χ3v) is 4.57. The topological polar surface area (TPSA) is 0 Å². The summed E-state index contributed by atoms with van der Waals surface area (Å²) in [4.78, 5) is 0. The van der Waals surface area contributed by atoms with Crippen molar-refractivity contribution in [2.45, 2.75) is 13.3 Å². The van der Waals surface area contributed by atoms with Crippen LogP contribution in [0.25, 0.3) is 21.5 Å². The molecule has 0 aliphatic heterocycles. The van der Waals surface area contributed by atoms with E-state index >= 15 is 0 Å². The van der Waals surface area contributed by atoms with E-state index in [0.717, 1.165) is 6.42 Å². The lowest BCUT2D eigenvalue weighted by molar-refractivity contribution is 0.999. The minimum atomic E-state index is 1.02. The second-order valence-electron chi connectivity index (χ2n) is 5.92. The lowest BCUT2D eigenvalue weighted by Gasteiger charge is -2.18. The van der Waals surface area contributed by atoms with Gasteiger partial charge in [-0.15, -0.1) is 0 Å². The van der Waals surface area contributed by atoms with Crippen molar-refractivity contribution in [1.29, 1.82) is 0 Å². The summed E-state index contributed by atoms with van der Waals surface area (Å²) in [5.41, 5.74) is 2.67. The molecule has 0 heterocycles. The van der Waals surface area contributed by atoms with Crippen LogP contribution in [0.15, 0.2) is 84.9 Å². The van der Waals surface area contributed by atoms with E-state index in [1.807, 2.05) is 0 Å². The molecule has 0 heteroatoms. The van der Waals surface area contributed by atoms with Crippen LogP contribution in [-0.2, 0) is 0 Å². The maximum absolute atomic E-state index is 2.32. The van der Waals surface area contributed by atoms with Gasteiger partial charge in [-0.3, -0.25) is 0 Å². The summed E-state index contributed by atoms with van der Waals surface area (Å²) in [6.07, 6.45) is 1.02. The van der Waals surface area contributed by atoms with Crippen LogP contribution in [0, 0.1) is 5.92 Å². The molecule has 4 rings (SSSR count). The molecule has 0 fully saturated rings. The summed E-state index contributed by atoms with van der Waals surface area (Å²) < 4.78 is 0. The van der Waals surface area contributed by atoms with Crippen molar-refractivity contribution in [3.05, 3.63) is 102 Å². The fourth-order valence-corrected chi connectivity index (χ4v) is 3.42. The first-order valence-electron chi connectivity index (χ1n) is 8.20. The largest absolute Gasteiger partial charge is 0.0642 e. The summed E-state index contributed by atoms with van der Waals surface area (Å²) in [6.45, 7) is 2.24. The Kier molecular flexibility index (Phi) is 3.59. The lowest BCUT2D eigenvalue weighted by Crippen LogP contribution is -2.01. The maximum atomic E-state index is 2.32. The van der Waals surface area contributed by atoms with Gasteiger partial charge in [0.1, 0.15) is 0 Å². The zero-order chi connectivity index (χ0) is 15.6. The normalized spacial score (nSPS) is 11.4. The fraction of sp³-hybridized carbons (Fsp3) is 0.0870. The van der Waals surface area contributed by atoms with Gasteiger partial charge in [-0.1, -0.05) is 91.9 Å². The molecule has 0 unspecified atom stereocenters. The molecule has 0 aliphatic rings. The van der Waals surface area contributed by atoms with E-state index in [2.05, 4.69) is 91.9 Å². The smallest absolute Gasteiger partial charge is 0.0343 e. The zero-order valence-electron chi connectivity index (χ0n) is 13.3. The first kappa shape index (κ1) is 14.0. The Labute approximate surface area is 137 Å². The molecule has 0 amide bonds. The fourth-order valence-electron chi connectivity index (χ4n) is 3.42. The molecule has 4 aromatic rings. The Morgan fingerprint density at radius 2 is 1.35 bits per heavy atom. The Morgan fingerprint density at radius 3 is 2.17 bits per heavy atom. The van der Waals surface area contributed by atoms with Crippen LogP contribution in [0.3, 0.4) is 0 Å². The van der Waals surface area contributed by atoms with Gasteiger partial charge < -0.3 is 0 Å². The number of rotatable bonds is 3. The molecular formula is C23H19. The first-order chi connectivity index (χ1) is 11.4. The Balaban J connectivity index is 1.89. The van der Waals surface area contributed by atoms with Crippen molar-refractivity contribution in [3.8, 4) is 0 Å². The molecule has 4 aromatic carbocycles. The summed E-state index contributed by atoms with van der Waals surface area (Å²) in [5.74, 6) is 1.41. The monoisotopic (exact) mass is 295 g/mol. The Hall–Kier alpha value is -2.60. The average Bonchev–Trinajstić information content (AvgIpc) is 2.62. The van der Waals surface area contributed by atoms with Crippen LogP contribution < -0.4 is 0 Å². The van der Waals surface area contributed by atoms with Gasteiger partial charge in [0.15, 0.2) is 0 Å². The molecule has 1 radical (unpaired) electrons. The molecule has 0 atom stereocenters. The van der Waals surface area contributed by atoms with Crippen molar-refractivity contribution < 1.29 is 0 Å². The molecular weight excluding hydrogens is 276 g/mol. The number of benzene rings is 4. The third kappa shape index (κ3) is 2.51. The van der Waals surface area contributed by atoms with E-state index in [1.54, 1.807) is 0 Å². The average molecular weight is 295 g/mol. The van der Waals surface area contributed by atoms with Gasteiger partial charge in [0.25, 0.3) is 0 Å². The maximum Gasteiger partial charge on any atom is 0.0343 e. The van der Waals surface area contributed by atoms with Crippen LogP contribution in [-0.4, -0.2) is 0 Å². The van der Waals surface area contributed by atoms with E-state index in [-0.39, 0.29) is 0 Å². The van der Waals surface area contributed by atoms with Crippen molar-refractivity contribution in [1.82, 2.24) is 0 Å². The van der Waals surface area contributed by atoms with Crippen LogP contribution in [0.4, 0.5) is 0 Å². The van der Waals surface area contributed by atoms with E-state index < -0.39 is 0 Å².